The molecule has 0 fully saturated rings. The summed E-state index contributed by atoms with van der Waals surface area (Å²) in [5.74, 6) is -0.923. The number of thioether (sulfide) groups is 1. The number of hydrogen-bond acceptors (Lipinski definition) is 5. The van der Waals surface area contributed by atoms with Crippen LogP contribution in [0.1, 0.15) is 16.6 Å². The minimum Gasteiger partial charge on any atom is -0.477 e. The number of nitrogens with zero attached hydrogens (tertiary/aromatic N) is 1. The number of thiazole rings is 1. The molecule has 0 aliphatic rings. The van der Waals surface area contributed by atoms with Gasteiger partial charge in [0.1, 0.15) is 4.88 Å². The van der Waals surface area contributed by atoms with E-state index in [9.17, 15) is 4.79 Å². The lowest BCUT2D eigenvalue weighted by Gasteiger charge is -2.07. The van der Waals surface area contributed by atoms with Crippen molar-refractivity contribution in [3.05, 3.63) is 11.1 Å². The Hall–Kier alpha value is -0.750. The zero-order valence-corrected chi connectivity index (χ0v) is 9.61. The predicted molar refractivity (Wildman–Crippen MR) is 60.5 cm³/mol. The summed E-state index contributed by atoms with van der Waals surface area (Å²) in [7, 11) is 0. The van der Waals surface area contributed by atoms with Gasteiger partial charge in [-0.3, -0.25) is 0 Å². The average molecular weight is 232 g/mol. The molecule has 0 spiro atoms. The largest absolute Gasteiger partial charge is 0.477 e. The van der Waals surface area contributed by atoms with Gasteiger partial charge in [0.25, 0.3) is 0 Å². The van der Waals surface area contributed by atoms with Crippen LogP contribution in [0.25, 0.3) is 0 Å². The van der Waals surface area contributed by atoms with Crippen LogP contribution in [0.2, 0.25) is 0 Å². The maximum absolute atomic E-state index is 10.5. The first-order valence-electron chi connectivity index (χ1n) is 4.09. The molecule has 0 bridgehead atoms. The zero-order chi connectivity index (χ0) is 10.6. The molecule has 0 aliphatic heterocycles. The topological polar surface area (TPSA) is 62.2 Å². The van der Waals surface area contributed by atoms with Crippen molar-refractivity contribution in [1.29, 1.82) is 0 Å². The van der Waals surface area contributed by atoms with Gasteiger partial charge in [-0.15, -0.1) is 0 Å². The van der Waals surface area contributed by atoms with Gasteiger partial charge in [0.15, 0.2) is 5.13 Å². The van der Waals surface area contributed by atoms with E-state index in [1.54, 1.807) is 11.8 Å². The fourth-order valence-electron chi connectivity index (χ4n) is 0.769. The van der Waals surface area contributed by atoms with Crippen molar-refractivity contribution < 1.29 is 9.90 Å². The number of nitrogens with one attached hydrogen (secondary N) is 1. The number of carboxylic acid groups (broad SMARTS) is 1. The molecule has 4 nitrogen and oxygen atoms in total. The molecular formula is C8H12N2O2S2. The molecule has 1 unspecified atom stereocenters. The summed E-state index contributed by atoms with van der Waals surface area (Å²) in [4.78, 5) is 14.8. The van der Waals surface area contributed by atoms with Crippen molar-refractivity contribution in [2.45, 2.75) is 12.2 Å². The van der Waals surface area contributed by atoms with Crippen molar-refractivity contribution in [3.8, 4) is 0 Å². The van der Waals surface area contributed by atoms with Crippen LogP contribution in [-0.4, -0.2) is 34.1 Å². The molecule has 0 aromatic carbocycles. The highest BCUT2D eigenvalue weighted by molar-refractivity contribution is 7.99. The SMILES string of the molecule is CSC(C)CNc1ncc(C(=O)O)s1. The third kappa shape index (κ3) is 3.19. The highest BCUT2D eigenvalue weighted by Crippen LogP contribution is 2.18. The van der Waals surface area contributed by atoms with Crippen LogP contribution in [0.15, 0.2) is 6.20 Å². The van der Waals surface area contributed by atoms with E-state index in [1.165, 1.54) is 6.20 Å². The van der Waals surface area contributed by atoms with Crippen LogP contribution in [0.3, 0.4) is 0 Å². The van der Waals surface area contributed by atoms with Gasteiger partial charge in [0, 0.05) is 11.8 Å². The highest BCUT2D eigenvalue weighted by Gasteiger charge is 2.08. The number of hydrogen-bond donors (Lipinski definition) is 2. The molecule has 1 heterocycles. The third-order valence-corrected chi connectivity index (χ3v) is 3.57. The first-order valence-corrected chi connectivity index (χ1v) is 6.19. The molecule has 2 N–H and O–H groups in total. The Morgan fingerprint density at radius 2 is 2.57 bits per heavy atom. The standard InChI is InChI=1S/C8H12N2O2S2/c1-5(13-2)3-9-8-10-4-6(14-8)7(11)12/h4-5H,3H2,1-2H3,(H,9,10)(H,11,12). The van der Waals surface area contributed by atoms with Crippen LogP contribution in [0.5, 0.6) is 0 Å². The van der Waals surface area contributed by atoms with E-state index in [4.69, 9.17) is 5.11 Å². The van der Waals surface area contributed by atoms with Crippen LogP contribution in [-0.2, 0) is 0 Å². The molecule has 1 aromatic heterocycles. The molecule has 0 saturated heterocycles. The molecule has 0 radical (unpaired) electrons. The number of carboxylic acids is 1. The van der Waals surface area contributed by atoms with Crippen molar-refractivity contribution in [2.24, 2.45) is 0 Å². The molecule has 6 heteroatoms. The van der Waals surface area contributed by atoms with Gasteiger partial charge in [-0.1, -0.05) is 18.3 Å². The molecule has 1 atom stereocenters. The fourth-order valence-corrected chi connectivity index (χ4v) is 1.68. The van der Waals surface area contributed by atoms with Gasteiger partial charge in [-0.05, 0) is 6.26 Å². The maximum Gasteiger partial charge on any atom is 0.347 e. The van der Waals surface area contributed by atoms with Gasteiger partial charge in [0.05, 0.1) is 6.20 Å². The Morgan fingerprint density at radius 1 is 1.86 bits per heavy atom. The number of anilines is 1. The van der Waals surface area contributed by atoms with E-state index in [-0.39, 0.29) is 4.88 Å². The van der Waals surface area contributed by atoms with Crippen LogP contribution in [0, 0.1) is 0 Å². The lowest BCUT2D eigenvalue weighted by molar-refractivity contribution is 0.0702. The summed E-state index contributed by atoms with van der Waals surface area (Å²) < 4.78 is 0. The normalized spacial score (nSPS) is 12.4. The molecule has 1 rings (SSSR count). The van der Waals surface area contributed by atoms with E-state index < -0.39 is 5.97 Å². The number of rotatable bonds is 5. The molecule has 14 heavy (non-hydrogen) atoms. The van der Waals surface area contributed by atoms with E-state index in [0.29, 0.717) is 10.4 Å². The zero-order valence-electron chi connectivity index (χ0n) is 7.98. The van der Waals surface area contributed by atoms with Crippen molar-refractivity contribution in [2.75, 3.05) is 18.1 Å². The first-order chi connectivity index (χ1) is 6.63. The third-order valence-electron chi connectivity index (χ3n) is 1.66. The number of aromatic carboxylic acids is 1. The minimum atomic E-state index is -0.923. The second-order valence-electron chi connectivity index (χ2n) is 2.76. The number of carbonyl (C=O) groups is 1. The summed E-state index contributed by atoms with van der Waals surface area (Å²) in [5, 5.41) is 12.9. The summed E-state index contributed by atoms with van der Waals surface area (Å²) in [6, 6.07) is 0. The fraction of sp³-hybridized carbons (Fsp3) is 0.500. The summed E-state index contributed by atoms with van der Waals surface area (Å²) >= 11 is 2.92. The average Bonchev–Trinajstić information content (AvgIpc) is 2.62. The highest BCUT2D eigenvalue weighted by atomic mass is 32.2. The Bertz CT molecular complexity index is 314. The monoisotopic (exact) mass is 232 g/mol. The second kappa shape index (κ2) is 5.21. The number of aromatic nitrogens is 1. The van der Waals surface area contributed by atoms with E-state index in [0.717, 1.165) is 17.9 Å². The summed E-state index contributed by atoms with van der Waals surface area (Å²) in [5.41, 5.74) is 0. The van der Waals surface area contributed by atoms with Crippen LogP contribution in [0.4, 0.5) is 5.13 Å². The van der Waals surface area contributed by atoms with Crippen molar-refractivity contribution >= 4 is 34.2 Å². The predicted octanol–water partition coefficient (Wildman–Crippen LogP) is 2.00. The molecular weight excluding hydrogens is 220 g/mol. The van der Waals surface area contributed by atoms with Crippen LogP contribution >= 0.6 is 23.1 Å². The molecule has 0 amide bonds. The Morgan fingerprint density at radius 3 is 3.07 bits per heavy atom. The van der Waals surface area contributed by atoms with Gasteiger partial charge in [-0.25, -0.2) is 9.78 Å². The first kappa shape index (κ1) is 11.3. The van der Waals surface area contributed by atoms with Crippen LogP contribution < -0.4 is 5.32 Å². The smallest absolute Gasteiger partial charge is 0.347 e. The van der Waals surface area contributed by atoms with Crippen molar-refractivity contribution in [3.63, 3.8) is 0 Å². The van der Waals surface area contributed by atoms with Gasteiger partial charge in [0.2, 0.25) is 0 Å². The van der Waals surface area contributed by atoms with E-state index in [1.807, 2.05) is 6.26 Å². The molecule has 0 saturated carbocycles. The van der Waals surface area contributed by atoms with Gasteiger partial charge >= 0.3 is 5.97 Å². The lowest BCUT2D eigenvalue weighted by atomic mass is 10.5. The summed E-state index contributed by atoms with van der Waals surface area (Å²) in [6.07, 6.45) is 3.41. The van der Waals surface area contributed by atoms with E-state index >= 15 is 0 Å². The Kier molecular flexibility index (Phi) is 4.21. The Labute approximate surface area is 90.7 Å². The van der Waals surface area contributed by atoms with Crippen molar-refractivity contribution in [1.82, 2.24) is 4.98 Å². The Balaban J connectivity index is 2.48. The molecule has 1 aromatic rings. The molecule has 0 aliphatic carbocycles. The maximum atomic E-state index is 10.5. The minimum absolute atomic E-state index is 0.268. The van der Waals surface area contributed by atoms with Gasteiger partial charge in [-0.2, -0.15) is 11.8 Å². The quantitative estimate of drug-likeness (QED) is 0.813. The van der Waals surface area contributed by atoms with E-state index in [2.05, 4.69) is 17.2 Å². The lowest BCUT2D eigenvalue weighted by Crippen LogP contribution is -2.12. The summed E-state index contributed by atoms with van der Waals surface area (Å²) in [6.45, 7) is 2.90. The molecule has 78 valence electrons. The second-order valence-corrected chi connectivity index (χ2v) is 5.07. The van der Waals surface area contributed by atoms with Gasteiger partial charge < -0.3 is 10.4 Å².